The predicted molar refractivity (Wildman–Crippen MR) is 121 cm³/mol. The van der Waals surface area contributed by atoms with E-state index in [1.807, 2.05) is 60.4 Å². The summed E-state index contributed by atoms with van der Waals surface area (Å²) in [5.74, 6) is 1.66. The van der Waals surface area contributed by atoms with E-state index in [-0.39, 0.29) is 6.03 Å². The van der Waals surface area contributed by atoms with Crippen molar-refractivity contribution in [2.45, 2.75) is 20.1 Å². The number of nitrogens with zero attached hydrogens (tertiary/aromatic N) is 3. The van der Waals surface area contributed by atoms with Crippen LogP contribution in [0.1, 0.15) is 22.5 Å². The van der Waals surface area contributed by atoms with E-state index in [2.05, 4.69) is 16.3 Å². The summed E-state index contributed by atoms with van der Waals surface area (Å²) >= 11 is 0. The monoisotopic (exact) mass is 430 g/mol. The molecule has 0 bridgehead atoms. The van der Waals surface area contributed by atoms with Gasteiger partial charge in [0.05, 0.1) is 24.4 Å². The third-order valence-electron chi connectivity index (χ3n) is 5.52. The van der Waals surface area contributed by atoms with Gasteiger partial charge in [-0.2, -0.15) is 5.26 Å². The van der Waals surface area contributed by atoms with Crippen LogP contribution in [0.4, 0.5) is 10.5 Å². The molecule has 0 aliphatic carbocycles. The van der Waals surface area contributed by atoms with Gasteiger partial charge < -0.3 is 19.4 Å². The molecule has 0 spiro atoms. The van der Waals surface area contributed by atoms with E-state index in [9.17, 15) is 4.79 Å². The molecule has 1 N–H and O–H groups in total. The molecule has 1 fully saturated rings. The molecule has 4 rings (SSSR count). The SMILES string of the molecule is Cc1cc(OCc2cccc(C#N)c2)ccc1NC(=O)N1CCN(Cc2ccco2)CC1. The largest absolute Gasteiger partial charge is 0.489 e. The van der Waals surface area contributed by atoms with Crippen LogP contribution >= 0.6 is 0 Å². The molecule has 7 nitrogen and oxygen atoms in total. The molecule has 1 aromatic heterocycles. The molecule has 3 aromatic rings. The lowest BCUT2D eigenvalue weighted by atomic mass is 10.1. The van der Waals surface area contributed by atoms with Gasteiger partial charge in [0.15, 0.2) is 0 Å². The number of urea groups is 1. The molecule has 7 heteroatoms. The van der Waals surface area contributed by atoms with E-state index in [0.717, 1.165) is 48.0 Å². The van der Waals surface area contributed by atoms with Crippen LogP contribution in [0.15, 0.2) is 65.3 Å². The Morgan fingerprint density at radius 3 is 2.69 bits per heavy atom. The van der Waals surface area contributed by atoms with Crippen molar-refractivity contribution in [3.63, 3.8) is 0 Å². The van der Waals surface area contributed by atoms with Crippen LogP contribution in [-0.4, -0.2) is 42.0 Å². The highest BCUT2D eigenvalue weighted by atomic mass is 16.5. The Balaban J connectivity index is 1.28. The average Bonchev–Trinajstić information content (AvgIpc) is 3.33. The van der Waals surface area contributed by atoms with E-state index in [4.69, 9.17) is 14.4 Å². The van der Waals surface area contributed by atoms with Gasteiger partial charge in [-0.05, 0) is 60.5 Å². The van der Waals surface area contributed by atoms with Crippen LogP contribution < -0.4 is 10.1 Å². The molecule has 0 atom stereocenters. The van der Waals surface area contributed by atoms with Gasteiger partial charge in [0, 0.05) is 31.9 Å². The molecule has 2 aromatic carbocycles. The van der Waals surface area contributed by atoms with E-state index < -0.39 is 0 Å². The third kappa shape index (κ3) is 5.48. The summed E-state index contributed by atoms with van der Waals surface area (Å²) in [5, 5.41) is 12.0. The molecular formula is C25H26N4O3. The highest BCUT2D eigenvalue weighted by Gasteiger charge is 2.22. The van der Waals surface area contributed by atoms with Crippen molar-refractivity contribution in [2.24, 2.45) is 0 Å². The summed E-state index contributed by atoms with van der Waals surface area (Å²) in [4.78, 5) is 16.8. The first-order valence-electron chi connectivity index (χ1n) is 10.6. The highest BCUT2D eigenvalue weighted by molar-refractivity contribution is 5.90. The number of hydrogen-bond donors (Lipinski definition) is 1. The minimum absolute atomic E-state index is 0.0901. The Labute approximate surface area is 187 Å². The van der Waals surface area contributed by atoms with Crippen molar-refractivity contribution >= 4 is 11.7 Å². The zero-order valence-electron chi connectivity index (χ0n) is 18.1. The number of furan rings is 1. The molecule has 164 valence electrons. The molecule has 2 amide bonds. The minimum Gasteiger partial charge on any atom is -0.489 e. The molecule has 0 unspecified atom stereocenters. The van der Waals surface area contributed by atoms with Crippen LogP contribution in [0, 0.1) is 18.3 Å². The highest BCUT2D eigenvalue weighted by Crippen LogP contribution is 2.23. The van der Waals surface area contributed by atoms with Gasteiger partial charge in [-0.3, -0.25) is 4.90 Å². The molecule has 1 aliphatic rings. The number of carbonyl (C=O) groups is 1. The summed E-state index contributed by atoms with van der Waals surface area (Å²) < 4.78 is 11.3. The number of benzene rings is 2. The summed E-state index contributed by atoms with van der Waals surface area (Å²) in [6, 6.07) is 18.9. The summed E-state index contributed by atoms with van der Waals surface area (Å²) in [7, 11) is 0. The number of piperazine rings is 1. The van der Waals surface area contributed by atoms with Crippen LogP contribution in [0.2, 0.25) is 0 Å². The van der Waals surface area contributed by atoms with E-state index in [0.29, 0.717) is 25.3 Å². The molecule has 0 radical (unpaired) electrons. The quantitative estimate of drug-likeness (QED) is 0.627. The van der Waals surface area contributed by atoms with Crippen molar-refractivity contribution in [2.75, 3.05) is 31.5 Å². The second-order valence-electron chi connectivity index (χ2n) is 7.85. The lowest BCUT2D eigenvalue weighted by Crippen LogP contribution is -2.49. The Morgan fingerprint density at radius 2 is 1.97 bits per heavy atom. The summed E-state index contributed by atoms with van der Waals surface area (Å²) in [6.45, 7) is 6.07. The van der Waals surface area contributed by atoms with Crippen molar-refractivity contribution in [3.05, 3.63) is 83.3 Å². The molecule has 0 saturated carbocycles. The topological polar surface area (TPSA) is 81.7 Å². The number of ether oxygens (including phenoxy) is 1. The fourth-order valence-corrected chi connectivity index (χ4v) is 3.69. The van der Waals surface area contributed by atoms with Crippen molar-refractivity contribution < 1.29 is 13.9 Å². The lowest BCUT2D eigenvalue weighted by molar-refractivity contribution is 0.137. The number of hydrogen-bond acceptors (Lipinski definition) is 5. The number of rotatable bonds is 6. The lowest BCUT2D eigenvalue weighted by Gasteiger charge is -2.34. The number of amides is 2. The number of carbonyl (C=O) groups excluding carboxylic acids is 1. The summed E-state index contributed by atoms with van der Waals surface area (Å²) in [5.41, 5.74) is 3.25. The van der Waals surface area contributed by atoms with Gasteiger partial charge in [0.1, 0.15) is 18.1 Å². The molecule has 1 aliphatic heterocycles. The second-order valence-corrected chi connectivity index (χ2v) is 7.85. The fraction of sp³-hybridized carbons (Fsp3) is 0.280. The van der Waals surface area contributed by atoms with Crippen molar-refractivity contribution in [1.82, 2.24) is 9.80 Å². The first kappa shape index (κ1) is 21.5. The van der Waals surface area contributed by atoms with Gasteiger partial charge in [-0.25, -0.2) is 4.79 Å². The van der Waals surface area contributed by atoms with Gasteiger partial charge >= 0.3 is 6.03 Å². The predicted octanol–water partition coefficient (Wildman–Crippen LogP) is 4.39. The summed E-state index contributed by atoms with van der Waals surface area (Å²) in [6.07, 6.45) is 1.68. The Morgan fingerprint density at radius 1 is 1.12 bits per heavy atom. The van der Waals surface area contributed by atoms with Crippen LogP contribution in [0.5, 0.6) is 5.75 Å². The molecule has 2 heterocycles. The van der Waals surface area contributed by atoms with E-state index in [1.54, 1.807) is 12.3 Å². The Bertz CT molecular complexity index is 1100. The van der Waals surface area contributed by atoms with Crippen LogP contribution in [-0.2, 0) is 13.2 Å². The Kier molecular flexibility index (Phi) is 6.73. The van der Waals surface area contributed by atoms with Crippen LogP contribution in [0.3, 0.4) is 0 Å². The maximum absolute atomic E-state index is 12.7. The van der Waals surface area contributed by atoms with Gasteiger partial charge in [-0.15, -0.1) is 0 Å². The van der Waals surface area contributed by atoms with E-state index in [1.165, 1.54) is 0 Å². The first-order valence-corrected chi connectivity index (χ1v) is 10.6. The first-order chi connectivity index (χ1) is 15.6. The van der Waals surface area contributed by atoms with Gasteiger partial charge in [0.25, 0.3) is 0 Å². The molecule has 1 saturated heterocycles. The normalized spacial score (nSPS) is 14.1. The smallest absolute Gasteiger partial charge is 0.321 e. The van der Waals surface area contributed by atoms with Gasteiger partial charge in [0.2, 0.25) is 0 Å². The van der Waals surface area contributed by atoms with Gasteiger partial charge in [-0.1, -0.05) is 12.1 Å². The van der Waals surface area contributed by atoms with E-state index >= 15 is 0 Å². The van der Waals surface area contributed by atoms with Crippen molar-refractivity contribution in [3.8, 4) is 11.8 Å². The molecular weight excluding hydrogens is 404 g/mol. The number of aryl methyl sites for hydroxylation is 1. The number of anilines is 1. The number of nitrogens with one attached hydrogen (secondary N) is 1. The molecule has 32 heavy (non-hydrogen) atoms. The maximum atomic E-state index is 12.7. The maximum Gasteiger partial charge on any atom is 0.321 e. The van der Waals surface area contributed by atoms with Crippen LogP contribution in [0.25, 0.3) is 0 Å². The Hall–Kier alpha value is -3.76. The third-order valence-corrected chi connectivity index (χ3v) is 5.52. The zero-order chi connectivity index (χ0) is 22.3. The standard InChI is InChI=1S/C25H26N4O3/c1-19-14-22(32-18-21-5-2-4-20(15-21)16-26)7-8-24(19)27-25(30)29-11-9-28(10-12-29)17-23-6-3-13-31-23/h2-8,13-15H,9-12,17-18H2,1H3,(H,27,30). The average molecular weight is 431 g/mol. The zero-order valence-corrected chi connectivity index (χ0v) is 18.1. The minimum atomic E-state index is -0.0901. The second kappa shape index (κ2) is 10.0. The fourth-order valence-electron chi connectivity index (χ4n) is 3.69. The number of nitriles is 1. The van der Waals surface area contributed by atoms with Crippen molar-refractivity contribution in [1.29, 1.82) is 5.26 Å².